The molecule has 0 aliphatic heterocycles. The summed E-state index contributed by atoms with van der Waals surface area (Å²) in [6, 6.07) is 6.13. The summed E-state index contributed by atoms with van der Waals surface area (Å²) in [5, 5.41) is 2.15. The van der Waals surface area contributed by atoms with Crippen molar-refractivity contribution in [2.75, 3.05) is 0 Å². The van der Waals surface area contributed by atoms with E-state index in [2.05, 4.69) is 30.5 Å². The van der Waals surface area contributed by atoms with Crippen molar-refractivity contribution in [2.24, 2.45) is 0 Å². The van der Waals surface area contributed by atoms with Crippen LogP contribution < -0.4 is 0 Å². The molecule has 0 aromatic carbocycles. The zero-order valence-corrected chi connectivity index (χ0v) is 10.0. The minimum Gasteiger partial charge on any atom is -0.149 e. The Morgan fingerprint density at radius 3 is 2.71 bits per heavy atom. The van der Waals surface area contributed by atoms with Crippen LogP contribution in [0.3, 0.4) is 0 Å². The molecule has 0 aliphatic rings. The molecule has 2 heterocycles. The van der Waals surface area contributed by atoms with E-state index < -0.39 is 0 Å². The third-order valence-electron chi connectivity index (χ3n) is 1.78. The summed E-state index contributed by atoms with van der Waals surface area (Å²) in [5.74, 6) is 0. The van der Waals surface area contributed by atoms with E-state index in [0.717, 1.165) is 4.34 Å². The first-order valence-electron chi connectivity index (χ1n) is 4.22. The SMILES string of the molecule is Cc1cc(/C=C/c2ccc(Cl)s2)cs1. The van der Waals surface area contributed by atoms with Crippen LogP contribution in [0.15, 0.2) is 23.6 Å². The summed E-state index contributed by atoms with van der Waals surface area (Å²) in [6.45, 7) is 2.12. The zero-order valence-electron chi connectivity index (χ0n) is 7.66. The van der Waals surface area contributed by atoms with Crippen molar-refractivity contribution in [1.29, 1.82) is 0 Å². The molecule has 0 aliphatic carbocycles. The number of halogens is 1. The molecule has 2 aromatic rings. The largest absolute Gasteiger partial charge is 0.149 e. The highest BCUT2D eigenvalue weighted by Crippen LogP contribution is 2.23. The van der Waals surface area contributed by atoms with Gasteiger partial charge >= 0.3 is 0 Å². The quantitative estimate of drug-likeness (QED) is 0.697. The summed E-state index contributed by atoms with van der Waals surface area (Å²) >= 11 is 9.20. The van der Waals surface area contributed by atoms with Crippen LogP contribution in [-0.4, -0.2) is 0 Å². The van der Waals surface area contributed by atoms with E-state index in [1.54, 1.807) is 22.7 Å². The van der Waals surface area contributed by atoms with Crippen LogP contribution in [0.4, 0.5) is 0 Å². The highest BCUT2D eigenvalue weighted by atomic mass is 35.5. The van der Waals surface area contributed by atoms with E-state index in [0.29, 0.717) is 0 Å². The fourth-order valence-corrected chi connectivity index (χ4v) is 2.78. The molecular formula is C11H9ClS2. The molecular weight excluding hydrogens is 232 g/mol. The Bertz CT molecular complexity index is 409. The van der Waals surface area contributed by atoms with Crippen molar-refractivity contribution in [3.63, 3.8) is 0 Å². The number of rotatable bonds is 2. The van der Waals surface area contributed by atoms with Crippen LogP contribution in [0.25, 0.3) is 12.2 Å². The fraction of sp³-hybridized carbons (Fsp3) is 0.0909. The van der Waals surface area contributed by atoms with Crippen LogP contribution >= 0.6 is 34.3 Å². The Labute approximate surface area is 96.5 Å². The molecule has 0 spiro atoms. The van der Waals surface area contributed by atoms with E-state index >= 15 is 0 Å². The second-order valence-electron chi connectivity index (χ2n) is 2.97. The first kappa shape index (κ1) is 9.97. The minimum atomic E-state index is 0.839. The molecule has 0 atom stereocenters. The molecule has 0 radical (unpaired) electrons. The maximum Gasteiger partial charge on any atom is 0.0934 e. The summed E-state index contributed by atoms with van der Waals surface area (Å²) in [6.07, 6.45) is 4.21. The third kappa shape index (κ3) is 2.47. The molecule has 0 N–H and O–H groups in total. The topological polar surface area (TPSA) is 0 Å². The molecule has 0 saturated carbocycles. The first-order chi connectivity index (χ1) is 6.74. The molecule has 0 unspecified atom stereocenters. The number of hydrogen-bond acceptors (Lipinski definition) is 2. The molecule has 14 heavy (non-hydrogen) atoms. The Kier molecular flexibility index (Phi) is 3.06. The summed E-state index contributed by atoms with van der Waals surface area (Å²) in [5.41, 5.74) is 1.26. The Morgan fingerprint density at radius 2 is 2.14 bits per heavy atom. The van der Waals surface area contributed by atoms with Crippen LogP contribution in [0.5, 0.6) is 0 Å². The van der Waals surface area contributed by atoms with Gasteiger partial charge in [-0.15, -0.1) is 22.7 Å². The lowest BCUT2D eigenvalue weighted by Gasteiger charge is -1.83. The van der Waals surface area contributed by atoms with E-state index in [1.165, 1.54) is 15.3 Å². The number of aryl methyl sites for hydroxylation is 1. The van der Waals surface area contributed by atoms with Crippen molar-refractivity contribution in [2.45, 2.75) is 6.92 Å². The van der Waals surface area contributed by atoms with E-state index in [1.807, 2.05) is 12.1 Å². The summed E-state index contributed by atoms with van der Waals surface area (Å²) < 4.78 is 0.839. The van der Waals surface area contributed by atoms with Gasteiger partial charge in [0.1, 0.15) is 0 Å². The van der Waals surface area contributed by atoms with Crippen LogP contribution in [0, 0.1) is 6.92 Å². The van der Waals surface area contributed by atoms with Gasteiger partial charge in [-0.3, -0.25) is 0 Å². The van der Waals surface area contributed by atoms with Crippen molar-refractivity contribution >= 4 is 46.4 Å². The average molecular weight is 241 g/mol. The van der Waals surface area contributed by atoms with Crippen molar-refractivity contribution in [3.8, 4) is 0 Å². The Hall–Kier alpha value is -0.570. The van der Waals surface area contributed by atoms with Gasteiger partial charge in [0.25, 0.3) is 0 Å². The van der Waals surface area contributed by atoms with Gasteiger partial charge in [0.05, 0.1) is 4.34 Å². The summed E-state index contributed by atoms with van der Waals surface area (Å²) in [4.78, 5) is 2.53. The van der Waals surface area contributed by atoms with Gasteiger partial charge in [-0.2, -0.15) is 0 Å². The molecule has 72 valence electrons. The molecule has 0 bridgehead atoms. The second kappa shape index (κ2) is 4.30. The van der Waals surface area contributed by atoms with Gasteiger partial charge in [-0.05, 0) is 42.1 Å². The lowest BCUT2D eigenvalue weighted by Crippen LogP contribution is -1.60. The van der Waals surface area contributed by atoms with Crippen LogP contribution in [0.1, 0.15) is 15.3 Å². The van der Waals surface area contributed by atoms with E-state index in [4.69, 9.17) is 11.6 Å². The predicted molar refractivity (Wildman–Crippen MR) is 67.3 cm³/mol. The minimum absolute atomic E-state index is 0.839. The number of hydrogen-bond donors (Lipinski definition) is 0. The lowest BCUT2D eigenvalue weighted by molar-refractivity contribution is 1.63. The smallest absolute Gasteiger partial charge is 0.0934 e. The van der Waals surface area contributed by atoms with Gasteiger partial charge in [0, 0.05) is 9.75 Å². The molecule has 2 aromatic heterocycles. The normalized spacial score (nSPS) is 11.3. The van der Waals surface area contributed by atoms with Gasteiger partial charge in [0.15, 0.2) is 0 Å². The van der Waals surface area contributed by atoms with Crippen LogP contribution in [-0.2, 0) is 0 Å². The molecule has 3 heteroatoms. The number of thiophene rings is 2. The highest BCUT2D eigenvalue weighted by Gasteiger charge is 1.94. The predicted octanol–water partition coefficient (Wildman–Crippen LogP) is 4.94. The highest BCUT2D eigenvalue weighted by molar-refractivity contribution is 7.17. The summed E-state index contributed by atoms with van der Waals surface area (Å²) in [7, 11) is 0. The van der Waals surface area contributed by atoms with Gasteiger partial charge in [-0.1, -0.05) is 17.7 Å². The van der Waals surface area contributed by atoms with Gasteiger partial charge in [-0.25, -0.2) is 0 Å². The van der Waals surface area contributed by atoms with Crippen molar-refractivity contribution in [1.82, 2.24) is 0 Å². The van der Waals surface area contributed by atoms with Gasteiger partial charge < -0.3 is 0 Å². The first-order valence-corrected chi connectivity index (χ1v) is 6.30. The second-order valence-corrected chi connectivity index (χ2v) is 5.83. The van der Waals surface area contributed by atoms with Crippen molar-refractivity contribution in [3.05, 3.63) is 43.2 Å². The lowest BCUT2D eigenvalue weighted by atomic mass is 10.3. The standard InChI is InChI=1S/C11H9ClS2/c1-8-6-9(7-13-8)2-3-10-4-5-11(12)14-10/h2-7H,1H3/b3-2+. The monoisotopic (exact) mass is 240 g/mol. The molecule has 0 fully saturated rings. The van der Waals surface area contributed by atoms with E-state index in [-0.39, 0.29) is 0 Å². The third-order valence-corrected chi connectivity index (χ3v) is 3.86. The van der Waals surface area contributed by atoms with E-state index in [9.17, 15) is 0 Å². The molecule has 0 amide bonds. The fourth-order valence-electron chi connectivity index (χ4n) is 1.15. The van der Waals surface area contributed by atoms with Crippen molar-refractivity contribution < 1.29 is 0 Å². The van der Waals surface area contributed by atoms with Crippen LogP contribution in [0.2, 0.25) is 4.34 Å². The maximum absolute atomic E-state index is 5.83. The molecule has 2 rings (SSSR count). The molecule has 0 saturated heterocycles. The Balaban J connectivity index is 2.14. The maximum atomic E-state index is 5.83. The average Bonchev–Trinajstić information content (AvgIpc) is 2.72. The Morgan fingerprint density at radius 1 is 1.29 bits per heavy atom. The van der Waals surface area contributed by atoms with Gasteiger partial charge in [0.2, 0.25) is 0 Å². The zero-order chi connectivity index (χ0) is 9.97. The molecule has 0 nitrogen and oxygen atoms in total.